The SMILES string of the molecule is COc1ccc(-c2nc3ccccn3c2CN(C)C)c2ccc(=O)[nH]c12.Cl.Cl.O.O.O. The standard InChI is InChI=1S/C20H20N4O2.2ClH.3H2O/c1-23(2)12-15-19(21-17-6-4-5-11-24(15)17)13-7-9-16(26-3)20-14(13)8-10-18(25)22-20;;;;;/h4-11H,12H2,1-3H3,(H,22,25);2*1H;3*1H2. The Hall–Kier alpha value is -2.66. The molecule has 4 aromatic rings. The monoisotopic (exact) mass is 474 g/mol. The van der Waals surface area contributed by atoms with Crippen LogP contribution in [0.25, 0.3) is 27.8 Å². The first-order valence-corrected chi connectivity index (χ1v) is 8.39. The largest absolute Gasteiger partial charge is 0.495 e. The van der Waals surface area contributed by atoms with E-state index < -0.39 is 0 Å². The van der Waals surface area contributed by atoms with Crippen molar-refractivity contribution in [2.45, 2.75) is 6.54 Å². The molecule has 0 saturated carbocycles. The van der Waals surface area contributed by atoms with Gasteiger partial charge in [-0.05, 0) is 44.4 Å². The number of hydrogen-bond donors (Lipinski definition) is 1. The van der Waals surface area contributed by atoms with E-state index in [4.69, 9.17) is 9.72 Å². The topological polar surface area (TPSA) is 157 Å². The third kappa shape index (κ3) is 5.53. The minimum absolute atomic E-state index is 0. The van der Waals surface area contributed by atoms with Crippen molar-refractivity contribution < 1.29 is 21.2 Å². The number of nitrogens with zero attached hydrogens (tertiary/aromatic N) is 3. The molecule has 0 radical (unpaired) electrons. The molecule has 0 saturated heterocycles. The number of halogens is 2. The maximum Gasteiger partial charge on any atom is 0.248 e. The predicted molar refractivity (Wildman–Crippen MR) is 128 cm³/mol. The summed E-state index contributed by atoms with van der Waals surface area (Å²) in [6.07, 6.45) is 2.03. The van der Waals surface area contributed by atoms with E-state index in [9.17, 15) is 4.79 Å². The summed E-state index contributed by atoms with van der Waals surface area (Å²) in [5.41, 5.74) is 4.40. The lowest BCUT2D eigenvalue weighted by Crippen LogP contribution is -2.13. The molecule has 0 atom stereocenters. The third-order valence-corrected chi connectivity index (χ3v) is 4.43. The summed E-state index contributed by atoms with van der Waals surface area (Å²) >= 11 is 0. The van der Waals surface area contributed by atoms with Crippen molar-refractivity contribution in [3.05, 3.63) is 64.7 Å². The fraction of sp³-hybridized carbons (Fsp3) is 0.200. The van der Waals surface area contributed by atoms with Gasteiger partial charge in [-0.2, -0.15) is 0 Å². The number of nitrogens with one attached hydrogen (secondary N) is 1. The quantitative estimate of drug-likeness (QED) is 0.472. The smallest absolute Gasteiger partial charge is 0.248 e. The van der Waals surface area contributed by atoms with Crippen molar-refractivity contribution in [2.75, 3.05) is 21.2 Å². The number of fused-ring (bicyclic) bond motifs is 2. The molecule has 0 fully saturated rings. The number of pyridine rings is 2. The Balaban J connectivity index is 0. The van der Waals surface area contributed by atoms with E-state index in [0.717, 1.165) is 34.5 Å². The first kappa shape index (κ1) is 30.5. The van der Waals surface area contributed by atoms with E-state index in [1.165, 1.54) is 6.07 Å². The number of hydrogen-bond acceptors (Lipinski definition) is 4. The maximum atomic E-state index is 11.8. The van der Waals surface area contributed by atoms with Crippen LogP contribution in [0, 0.1) is 0 Å². The van der Waals surface area contributed by atoms with Gasteiger partial charge in [-0.25, -0.2) is 4.98 Å². The number of benzene rings is 1. The van der Waals surface area contributed by atoms with Crippen molar-refractivity contribution in [3.8, 4) is 17.0 Å². The number of imidazole rings is 1. The van der Waals surface area contributed by atoms with Gasteiger partial charge in [0.2, 0.25) is 5.56 Å². The Morgan fingerprint density at radius 2 is 1.74 bits per heavy atom. The predicted octanol–water partition coefficient (Wildman–Crippen LogP) is 1.28. The first-order valence-electron chi connectivity index (χ1n) is 8.39. The van der Waals surface area contributed by atoms with E-state index in [1.54, 1.807) is 7.11 Å². The molecule has 3 heterocycles. The van der Waals surface area contributed by atoms with Crippen LogP contribution in [0.2, 0.25) is 0 Å². The molecule has 0 amide bonds. The lowest BCUT2D eigenvalue weighted by atomic mass is 10.0. The minimum Gasteiger partial charge on any atom is -0.495 e. The van der Waals surface area contributed by atoms with E-state index >= 15 is 0 Å². The second kappa shape index (κ2) is 12.3. The van der Waals surface area contributed by atoms with Crippen LogP contribution in [0.15, 0.2) is 53.5 Å². The fourth-order valence-electron chi connectivity index (χ4n) is 3.31. The van der Waals surface area contributed by atoms with Gasteiger partial charge < -0.3 is 35.5 Å². The van der Waals surface area contributed by atoms with Crippen LogP contribution in [0.1, 0.15) is 5.69 Å². The normalized spacial score (nSPS) is 9.68. The first-order chi connectivity index (χ1) is 12.6. The number of aromatic nitrogens is 3. The van der Waals surface area contributed by atoms with Crippen molar-refractivity contribution >= 4 is 41.4 Å². The molecule has 11 heteroatoms. The summed E-state index contributed by atoms with van der Waals surface area (Å²) in [5, 5.41) is 0.910. The van der Waals surface area contributed by atoms with Crippen LogP contribution in [0.4, 0.5) is 0 Å². The van der Waals surface area contributed by atoms with E-state index in [0.29, 0.717) is 11.3 Å². The molecule has 1 aromatic carbocycles. The van der Waals surface area contributed by atoms with Gasteiger partial charge >= 0.3 is 0 Å². The minimum atomic E-state index is -0.156. The summed E-state index contributed by atoms with van der Waals surface area (Å²) in [5.74, 6) is 0.638. The molecular formula is C20H28Cl2N4O5. The summed E-state index contributed by atoms with van der Waals surface area (Å²) in [6, 6.07) is 13.2. The van der Waals surface area contributed by atoms with Crippen molar-refractivity contribution in [2.24, 2.45) is 0 Å². The molecular weight excluding hydrogens is 447 g/mol. The Kier molecular flexibility index (Phi) is 12.1. The van der Waals surface area contributed by atoms with Gasteiger partial charge in [-0.1, -0.05) is 6.07 Å². The second-order valence-corrected chi connectivity index (χ2v) is 6.50. The zero-order valence-electron chi connectivity index (χ0n) is 17.3. The summed E-state index contributed by atoms with van der Waals surface area (Å²) in [6.45, 7) is 0.747. The zero-order chi connectivity index (χ0) is 18.3. The highest BCUT2D eigenvalue weighted by Gasteiger charge is 2.18. The van der Waals surface area contributed by atoms with Gasteiger partial charge in [-0.3, -0.25) is 4.79 Å². The third-order valence-electron chi connectivity index (χ3n) is 4.43. The van der Waals surface area contributed by atoms with Crippen LogP contribution in [-0.4, -0.2) is 56.9 Å². The molecule has 0 bridgehead atoms. The van der Waals surface area contributed by atoms with Gasteiger partial charge in [0.1, 0.15) is 11.4 Å². The van der Waals surface area contributed by atoms with Crippen molar-refractivity contribution in [1.82, 2.24) is 19.3 Å². The molecule has 172 valence electrons. The van der Waals surface area contributed by atoms with Crippen LogP contribution in [0.3, 0.4) is 0 Å². The molecule has 0 aliphatic rings. The summed E-state index contributed by atoms with van der Waals surface area (Å²) in [7, 11) is 5.67. The number of aromatic amines is 1. The Labute approximate surface area is 191 Å². The van der Waals surface area contributed by atoms with Crippen molar-refractivity contribution in [3.63, 3.8) is 0 Å². The Bertz CT molecular complexity index is 1180. The number of ether oxygens (including phenoxy) is 1. The highest BCUT2D eigenvalue weighted by molar-refractivity contribution is 5.97. The molecule has 31 heavy (non-hydrogen) atoms. The number of methoxy groups -OCH3 is 1. The van der Waals surface area contributed by atoms with Gasteiger partial charge in [0.25, 0.3) is 0 Å². The van der Waals surface area contributed by atoms with Gasteiger partial charge in [-0.15, -0.1) is 24.8 Å². The highest BCUT2D eigenvalue weighted by atomic mass is 35.5. The molecule has 0 unspecified atom stereocenters. The van der Waals surface area contributed by atoms with Crippen LogP contribution < -0.4 is 10.3 Å². The molecule has 7 N–H and O–H groups in total. The van der Waals surface area contributed by atoms with Crippen LogP contribution >= 0.6 is 24.8 Å². The molecule has 9 nitrogen and oxygen atoms in total. The summed E-state index contributed by atoms with van der Waals surface area (Å²) < 4.78 is 7.53. The number of rotatable bonds is 4. The van der Waals surface area contributed by atoms with E-state index in [1.807, 2.05) is 56.7 Å². The van der Waals surface area contributed by atoms with Crippen LogP contribution in [0.5, 0.6) is 5.75 Å². The molecule has 4 rings (SSSR count). The van der Waals surface area contributed by atoms with E-state index in [-0.39, 0.29) is 46.8 Å². The Morgan fingerprint density at radius 1 is 1.03 bits per heavy atom. The van der Waals surface area contributed by atoms with Gasteiger partial charge in [0.05, 0.1) is 24.0 Å². The van der Waals surface area contributed by atoms with Crippen LogP contribution in [-0.2, 0) is 6.54 Å². The summed E-state index contributed by atoms with van der Waals surface area (Å²) in [4.78, 5) is 21.7. The Morgan fingerprint density at radius 3 is 2.39 bits per heavy atom. The lowest BCUT2D eigenvalue weighted by molar-refractivity contribution is 0.396. The molecule has 0 spiro atoms. The average molecular weight is 475 g/mol. The van der Waals surface area contributed by atoms with E-state index in [2.05, 4.69) is 14.3 Å². The lowest BCUT2D eigenvalue weighted by Gasteiger charge is -2.13. The van der Waals surface area contributed by atoms with Gasteiger partial charge in [0.15, 0.2) is 0 Å². The second-order valence-electron chi connectivity index (χ2n) is 6.50. The molecule has 0 aliphatic carbocycles. The maximum absolute atomic E-state index is 11.8. The van der Waals surface area contributed by atoms with Crippen molar-refractivity contribution in [1.29, 1.82) is 0 Å². The molecule has 0 aliphatic heterocycles. The zero-order valence-corrected chi connectivity index (χ0v) is 18.9. The van der Waals surface area contributed by atoms with Gasteiger partial charge in [0, 0.05) is 29.8 Å². The molecule has 3 aromatic heterocycles. The highest BCUT2D eigenvalue weighted by Crippen LogP contribution is 2.34. The average Bonchev–Trinajstić information content (AvgIpc) is 2.98. The fourth-order valence-corrected chi connectivity index (χ4v) is 3.31. The number of H-pyrrole nitrogens is 1.